The van der Waals surface area contributed by atoms with Crippen molar-refractivity contribution in [2.45, 2.75) is 4.90 Å². The lowest BCUT2D eigenvalue weighted by Crippen LogP contribution is -1.92. The van der Waals surface area contributed by atoms with Crippen LogP contribution in [-0.2, 0) is 0 Å². The SMILES string of the molecule is CSc1ccc(Nc2ccc(N)cc2Cl)cc1. The fourth-order valence-corrected chi connectivity index (χ4v) is 2.11. The Kier molecular flexibility index (Phi) is 3.82. The second-order valence-electron chi connectivity index (χ2n) is 3.59. The Morgan fingerprint density at radius 3 is 2.41 bits per heavy atom. The predicted molar refractivity (Wildman–Crippen MR) is 77.4 cm³/mol. The molecule has 88 valence electrons. The Morgan fingerprint density at radius 2 is 1.82 bits per heavy atom. The lowest BCUT2D eigenvalue weighted by molar-refractivity contribution is 1.44. The lowest BCUT2D eigenvalue weighted by atomic mass is 10.2. The van der Waals surface area contributed by atoms with Gasteiger partial charge in [-0.1, -0.05) is 11.6 Å². The van der Waals surface area contributed by atoms with E-state index in [1.165, 1.54) is 4.90 Å². The second-order valence-corrected chi connectivity index (χ2v) is 4.88. The molecule has 0 fully saturated rings. The number of halogens is 1. The van der Waals surface area contributed by atoms with Gasteiger partial charge in [0, 0.05) is 16.3 Å². The van der Waals surface area contributed by atoms with Gasteiger partial charge in [-0.25, -0.2) is 0 Å². The Labute approximate surface area is 110 Å². The van der Waals surface area contributed by atoms with Gasteiger partial charge in [-0.15, -0.1) is 11.8 Å². The molecule has 0 aromatic heterocycles. The summed E-state index contributed by atoms with van der Waals surface area (Å²) in [5.41, 5.74) is 8.18. The van der Waals surface area contributed by atoms with Crippen LogP contribution in [0, 0.1) is 0 Å². The van der Waals surface area contributed by atoms with Crippen LogP contribution >= 0.6 is 23.4 Å². The van der Waals surface area contributed by atoms with Gasteiger partial charge >= 0.3 is 0 Å². The maximum Gasteiger partial charge on any atom is 0.0661 e. The molecule has 0 saturated carbocycles. The average molecular weight is 265 g/mol. The number of anilines is 3. The summed E-state index contributed by atoms with van der Waals surface area (Å²) in [6, 6.07) is 13.6. The van der Waals surface area contributed by atoms with E-state index in [0.29, 0.717) is 10.7 Å². The molecule has 3 N–H and O–H groups in total. The molecule has 4 heteroatoms. The minimum atomic E-state index is 0.624. The molecule has 0 saturated heterocycles. The maximum atomic E-state index is 6.09. The van der Waals surface area contributed by atoms with Gasteiger partial charge in [-0.2, -0.15) is 0 Å². The van der Waals surface area contributed by atoms with E-state index in [2.05, 4.69) is 23.7 Å². The highest BCUT2D eigenvalue weighted by atomic mass is 35.5. The van der Waals surface area contributed by atoms with Gasteiger partial charge in [0.1, 0.15) is 0 Å². The molecule has 0 radical (unpaired) electrons. The van der Waals surface area contributed by atoms with Crippen molar-refractivity contribution in [1.29, 1.82) is 0 Å². The largest absolute Gasteiger partial charge is 0.399 e. The molecule has 0 heterocycles. The first-order valence-corrected chi connectivity index (χ1v) is 6.75. The minimum absolute atomic E-state index is 0.624. The summed E-state index contributed by atoms with van der Waals surface area (Å²) < 4.78 is 0. The number of nitrogen functional groups attached to an aromatic ring is 1. The van der Waals surface area contributed by atoms with Crippen molar-refractivity contribution in [3.05, 3.63) is 47.5 Å². The molecule has 2 aromatic carbocycles. The summed E-state index contributed by atoms with van der Waals surface area (Å²) >= 11 is 7.81. The number of rotatable bonds is 3. The molecular formula is C13H13ClN2S. The van der Waals surface area contributed by atoms with Crippen molar-refractivity contribution in [2.75, 3.05) is 17.3 Å². The van der Waals surface area contributed by atoms with Crippen LogP contribution < -0.4 is 11.1 Å². The third kappa shape index (κ3) is 3.08. The van der Waals surface area contributed by atoms with Crippen molar-refractivity contribution >= 4 is 40.4 Å². The van der Waals surface area contributed by atoms with Crippen molar-refractivity contribution in [2.24, 2.45) is 0 Å². The van der Waals surface area contributed by atoms with Crippen LogP contribution in [-0.4, -0.2) is 6.26 Å². The number of nitrogens with one attached hydrogen (secondary N) is 1. The van der Waals surface area contributed by atoms with Crippen LogP contribution in [0.4, 0.5) is 17.1 Å². The number of hydrogen-bond acceptors (Lipinski definition) is 3. The Balaban J connectivity index is 2.19. The van der Waals surface area contributed by atoms with E-state index >= 15 is 0 Å². The Hall–Kier alpha value is -1.32. The average Bonchev–Trinajstić information content (AvgIpc) is 2.34. The molecule has 2 nitrogen and oxygen atoms in total. The van der Waals surface area contributed by atoms with E-state index in [1.807, 2.05) is 24.3 Å². The Morgan fingerprint density at radius 1 is 1.12 bits per heavy atom. The van der Waals surface area contributed by atoms with E-state index < -0.39 is 0 Å². The van der Waals surface area contributed by atoms with E-state index in [1.54, 1.807) is 17.8 Å². The van der Waals surface area contributed by atoms with Crippen LogP contribution in [0.5, 0.6) is 0 Å². The molecule has 0 unspecified atom stereocenters. The summed E-state index contributed by atoms with van der Waals surface area (Å²) in [7, 11) is 0. The van der Waals surface area contributed by atoms with Gasteiger partial charge in [-0.3, -0.25) is 0 Å². The number of benzene rings is 2. The summed E-state index contributed by atoms with van der Waals surface area (Å²) in [5.74, 6) is 0. The van der Waals surface area contributed by atoms with Gasteiger partial charge in [0.15, 0.2) is 0 Å². The smallest absolute Gasteiger partial charge is 0.0661 e. The quantitative estimate of drug-likeness (QED) is 0.638. The van der Waals surface area contributed by atoms with Gasteiger partial charge in [-0.05, 0) is 48.7 Å². The fraction of sp³-hybridized carbons (Fsp3) is 0.0769. The zero-order valence-corrected chi connectivity index (χ0v) is 11.0. The van der Waals surface area contributed by atoms with Crippen molar-refractivity contribution in [3.8, 4) is 0 Å². The minimum Gasteiger partial charge on any atom is -0.399 e. The third-order valence-electron chi connectivity index (χ3n) is 2.36. The molecule has 2 aromatic rings. The highest BCUT2D eigenvalue weighted by molar-refractivity contribution is 7.98. The maximum absolute atomic E-state index is 6.09. The van der Waals surface area contributed by atoms with E-state index in [0.717, 1.165) is 11.4 Å². The zero-order chi connectivity index (χ0) is 12.3. The van der Waals surface area contributed by atoms with E-state index in [9.17, 15) is 0 Å². The van der Waals surface area contributed by atoms with E-state index in [-0.39, 0.29) is 0 Å². The molecule has 0 aliphatic heterocycles. The number of thioether (sulfide) groups is 1. The molecule has 0 aliphatic carbocycles. The topological polar surface area (TPSA) is 38.0 Å². The van der Waals surface area contributed by atoms with Crippen molar-refractivity contribution in [1.82, 2.24) is 0 Å². The van der Waals surface area contributed by atoms with Gasteiger partial charge in [0.2, 0.25) is 0 Å². The highest BCUT2D eigenvalue weighted by Crippen LogP contribution is 2.28. The summed E-state index contributed by atoms with van der Waals surface area (Å²) in [6.45, 7) is 0. The first-order chi connectivity index (χ1) is 8.19. The first-order valence-electron chi connectivity index (χ1n) is 5.15. The monoisotopic (exact) mass is 264 g/mol. The normalized spacial score (nSPS) is 10.2. The van der Waals surface area contributed by atoms with Crippen LogP contribution in [0.25, 0.3) is 0 Å². The fourth-order valence-electron chi connectivity index (χ4n) is 1.46. The number of hydrogen-bond donors (Lipinski definition) is 2. The standard InChI is InChI=1S/C13H13ClN2S/c1-17-11-5-3-10(4-6-11)16-13-7-2-9(15)8-12(13)14/h2-8,16H,15H2,1H3. The summed E-state index contributed by atoms with van der Waals surface area (Å²) in [5, 5.41) is 3.88. The van der Waals surface area contributed by atoms with Crippen LogP contribution in [0.15, 0.2) is 47.4 Å². The molecule has 2 rings (SSSR count). The van der Waals surface area contributed by atoms with E-state index in [4.69, 9.17) is 17.3 Å². The van der Waals surface area contributed by atoms with Crippen LogP contribution in [0.2, 0.25) is 5.02 Å². The molecular weight excluding hydrogens is 252 g/mol. The highest BCUT2D eigenvalue weighted by Gasteiger charge is 2.01. The molecule has 17 heavy (non-hydrogen) atoms. The van der Waals surface area contributed by atoms with Crippen LogP contribution in [0.3, 0.4) is 0 Å². The number of nitrogens with two attached hydrogens (primary N) is 1. The first kappa shape index (κ1) is 12.1. The second kappa shape index (κ2) is 5.34. The third-order valence-corrected chi connectivity index (χ3v) is 3.42. The predicted octanol–water partition coefficient (Wildman–Crippen LogP) is 4.39. The summed E-state index contributed by atoms with van der Waals surface area (Å²) in [6.07, 6.45) is 2.05. The Bertz CT molecular complexity index is 511. The molecule has 0 aliphatic rings. The van der Waals surface area contributed by atoms with Crippen LogP contribution in [0.1, 0.15) is 0 Å². The molecule has 0 amide bonds. The van der Waals surface area contributed by atoms with Crippen molar-refractivity contribution < 1.29 is 0 Å². The molecule has 0 spiro atoms. The summed E-state index contributed by atoms with van der Waals surface area (Å²) in [4.78, 5) is 1.24. The van der Waals surface area contributed by atoms with Gasteiger partial charge < -0.3 is 11.1 Å². The zero-order valence-electron chi connectivity index (χ0n) is 9.41. The van der Waals surface area contributed by atoms with Gasteiger partial charge in [0.05, 0.1) is 10.7 Å². The van der Waals surface area contributed by atoms with Gasteiger partial charge in [0.25, 0.3) is 0 Å². The lowest BCUT2D eigenvalue weighted by Gasteiger charge is -2.09. The van der Waals surface area contributed by atoms with Crippen molar-refractivity contribution in [3.63, 3.8) is 0 Å². The molecule has 0 atom stereocenters. The molecule has 0 bridgehead atoms.